The molecule has 0 fully saturated rings. The fraction of sp³-hybridized carbons (Fsp3) is 0.324. The first-order chi connectivity index (χ1) is 19.3. The second-order valence-electron chi connectivity index (χ2n) is 11.0. The summed E-state index contributed by atoms with van der Waals surface area (Å²) in [5, 5.41) is 10.2. The molecule has 1 aliphatic rings. The molecule has 6 nitrogen and oxygen atoms in total. The van der Waals surface area contributed by atoms with Gasteiger partial charge in [0.1, 0.15) is 23.2 Å². The molecule has 0 amide bonds. The van der Waals surface area contributed by atoms with Crippen LogP contribution in [0.3, 0.4) is 0 Å². The molecular formula is C34H35N3O3. The van der Waals surface area contributed by atoms with Crippen LogP contribution in [0.25, 0.3) is 22.3 Å². The third-order valence-corrected chi connectivity index (χ3v) is 7.67. The van der Waals surface area contributed by atoms with Crippen LogP contribution in [0.1, 0.15) is 67.9 Å². The average Bonchev–Trinajstić information content (AvgIpc) is 2.94. The highest BCUT2D eigenvalue weighted by Crippen LogP contribution is 2.42. The summed E-state index contributed by atoms with van der Waals surface area (Å²) in [6.07, 6.45) is 2.09. The summed E-state index contributed by atoms with van der Waals surface area (Å²) in [6.45, 7) is 8.59. The SMILES string of the molecule is CCCc1nc(=O)c(-c2ccc3c(c2)C(OC)CC(C)(C)O3)c(C)n1Cc1cccc(-c2ccccc2)c1C#N. The number of nitriles is 1. The fourth-order valence-electron chi connectivity index (χ4n) is 5.72. The second kappa shape index (κ2) is 11.1. The van der Waals surface area contributed by atoms with Crippen LogP contribution in [0, 0.1) is 18.3 Å². The van der Waals surface area contributed by atoms with Gasteiger partial charge in [0.2, 0.25) is 0 Å². The Hall–Kier alpha value is -4.21. The molecule has 1 atom stereocenters. The number of hydrogen-bond donors (Lipinski definition) is 0. The van der Waals surface area contributed by atoms with Crippen molar-refractivity contribution in [2.24, 2.45) is 0 Å². The summed E-state index contributed by atoms with van der Waals surface area (Å²) in [4.78, 5) is 18.1. The van der Waals surface area contributed by atoms with Crippen LogP contribution in [-0.2, 0) is 17.7 Å². The zero-order chi connectivity index (χ0) is 28.4. The molecule has 0 saturated carbocycles. The Morgan fingerprint density at radius 1 is 1.10 bits per heavy atom. The molecule has 0 aliphatic carbocycles. The predicted molar refractivity (Wildman–Crippen MR) is 157 cm³/mol. The highest BCUT2D eigenvalue weighted by molar-refractivity contribution is 5.72. The number of benzene rings is 3. The number of nitrogens with zero attached hydrogens (tertiary/aromatic N) is 3. The number of hydrogen-bond acceptors (Lipinski definition) is 5. The zero-order valence-electron chi connectivity index (χ0n) is 23.8. The van der Waals surface area contributed by atoms with Gasteiger partial charge in [0, 0.05) is 31.2 Å². The third kappa shape index (κ3) is 5.17. The van der Waals surface area contributed by atoms with Gasteiger partial charge in [-0.25, -0.2) is 0 Å². The Morgan fingerprint density at radius 3 is 2.58 bits per heavy atom. The van der Waals surface area contributed by atoms with Crippen LogP contribution in [0.2, 0.25) is 0 Å². The Labute approximate surface area is 235 Å². The molecule has 5 rings (SSSR count). The fourth-order valence-corrected chi connectivity index (χ4v) is 5.72. The van der Waals surface area contributed by atoms with E-state index < -0.39 is 0 Å². The van der Waals surface area contributed by atoms with E-state index in [0.29, 0.717) is 30.5 Å². The standard InChI is InChI=1S/C34H35N3O3/c1-6-11-31-36-33(38)32(24-16-17-29-27(18-24)30(39-5)19-34(3,4)40-29)22(2)37(31)21-25-14-10-15-26(28(25)20-35)23-12-8-7-9-13-23/h7-10,12-18,30H,6,11,19,21H2,1-5H3. The minimum atomic E-state index is -0.339. The van der Waals surface area contributed by atoms with Crippen molar-refractivity contribution < 1.29 is 9.47 Å². The number of ether oxygens (including phenoxy) is 2. The van der Waals surface area contributed by atoms with Gasteiger partial charge < -0.3 is 14.0 Å². The van der Waals surface area contributed by atoms with Crippen LogP contribution in [-0.4, -0.2) is 22.3 Å². The van der Waals surface area contributed by atoms with Crippen LogP contribution < -0.4 is 10.3 Å². The van der Waals surface area contributed by atoms with Gasteiger partial charge >= 0.3 is 0 Å². The topological polar surface area (TPSA) is 77.1 Å². The van der Waals surface area contributed by atoms with Gasteiger partial charge in [-0.1, -0.05) is 61.5 Å². The molecule has 0 bridgehead atoms. The van der Waals surface area contributed by atoms with Crippen molar-refractivity contribution in [3.63, 3.8) is 0 Å². The third-order valence-electron chi connectivity index (χ3n) is 7.67. The normalized spacial score (nSPS) is 15.7. The lowest BCUT2D eigenvalue weighted by Gasteiger charge is -2.37. The van der Waals surface area contributed by atoms with E-state index >= 15 is 0 Å². The smallest absolute Gasteiger partial charge is 0.281 e. The molecule has 0 saturated heterocycles. The lowest BCUT2D eigenvalue weighted by molar-refractivity contribution is -0.0108. The Bertz CT molecular complexity index is 1650. The number of rotatable bonds is 7. The molecule has 0 spiro atoms. The number of methoxy groups -OCH3 is 1. The minimum absolute atomic E-state index is 0.132. The first-order valence-electron chi connectivity index (χ1n) is 13.8. The Balaban J connectivity index is 1.64. The largest absolute Gasteiger partial charge is 0.487 e. The van der Waals surface area contributed by atoms with E-state index in [0.717, 1.165) is 51.5 Å². The lowest BCUT2D eigenvalue weighted by Crippen LogP contribution is -2.35. The summed E-state index contributed by atoms with van der Waals surface area (Å²) in [7, 11) is 1.71. The molecule has 2 heterocycles. The second-order valence-corrected chi connectivity index (χ2v) is 11.0. The summed E-state index contributed by atoms with van der Waals surface area (Å²) in [5.41, 5.74) is 5.93. The summed E-state index contributed by atoms with van der Waals surface area (Å²) >= 11 is 0. The van der Waals surface area contributed by atoms with Crippen molar-refractivity contribution in [3.8, 4) is 34.1 Å². The molecule has 40 heavy (non-hydrogen) atoms. The van der Waals surface area contributed by atoms with Gasteiger partial charge in [0.25, 0.3) is 5.56 Å². The Morgan fingerprint density at radius 2 is 1.88 bits per heavy atom. The van der Waals surface area contributed by atoms with E-state index in [9.17, 15) is 10.1 Å². The quantitative estimate of drug-likeness (QED) is 0.255. The predicted octanol–water partition coefficient (Wildman–Crippen LogP) is 7.01. The van der Waals surface area contributed by atoms with Crippen molar-refractivity contribution in [1.82, 2.24) is 9.55 Å². The van der Waals surface area contributed by atoms with Gasteiger partial charge in [0.15, 0.2) is 0 Å². The highest BCUT2D eigenvalue weighted by atomic mass is 16.5. The summed E-state index contributed by atoms with van der Waals surface area (Å²) in [6, 6.07) is 24.2. The monoisotopic (exact) mass is 533 g/mol. The van der Waals surface area contributed by atoms with Crippen LogP contribution in [0.15, 0.2) is 71.5 Å². The summed E-state index contributed by atoms with van der Waals surface area (Å²) in [5.74, 6) is 1.50. The lowest BCUT2D eigenvalue weighted by atomic mass is 9.89. The molecule has 204 valence electrons. The maximum absolute atomic E-state index is 13.5. The molecule has 0 N–H and O–H groups in total. The highest BCUT2D eigenvalue weighted by Gasteiger charge is 2.34. The summed E-state index contributed by atoms with van der Waals surface area (Å²) < 4.78 is 14.1. The number of aryl methyl sites for hydroxylation is 1. The van der Waals surface area contributed by atoms with Crippen LogP contribution in [0.4, 0.5) is 0 Å². The van der Waals surface area contributed by atoms with Crippen molar-refractivity contribution >= 4 is 0 Å². The first-order valence-corrected chi connectivity index (χ1v) is 13.8. The van der Waals surface area contributed by atoms with Gasteiger partial charge in [-0.3, -0.25) is 4.79 Å². The maximum atomic E-state index is 13.5. The van der Waals surface area contributed by atoms with Gasteiger partial charge in [0.05, 0.1) is 23.8 Å². The number of aromatic nitrogens is 2. The maximum Gasteiger partial charge on any atom is 0.281 e. The van der Waals surface area contributed by atoms with Gasteiger partial charge in [-0.15, -0.1) is 0 Å². The molecule has 6 heteroatoms. The van der Waals surface area contributed by atoms with E-state index in [2.05, 4.69) is 36.4 Å². The van der Waals surface area contributed by atoms with E-state index in [1.165, 1.54) is 0 Å². The van der Waals surface area contributed by atoms with E-state index in [1.54, 1.807) is 7.11 Å². The number of fused-ring (bicyclic) bond motifs is 1. The minimum Gasteiger partial charge on any atom is -0.487 e. The molecule has 1 aromatic heterocycles. The van der Waals surface area contributed by atoms with Crippen molar-refractivity contribution in [2.45, 2.75) is 65.2 Å². The van der Waals surface area contributed by atoms with E-state index in [4.69, 9.17) is 9.47 Å². The van der Waals surface area contributed by atoms with E-state index in [-0.39, 0.29) is 17.3 Å². The van der Waals surface area contributed by atoms with E-state index in [1.807, 2.05) is 73.7 Å². The van der Waals surface area contributed by atoms with Crippen molar-refractivity contribution in [3.05, 3.63) is 105 Å². The molecule has 0 radical (unpaired) electrons. The Kier molecular flexibility index (Phi) is 7.60. The molecular weight excluding hydrogens is 498 g/mol. The van der Waals surface area contributed by atoms with Crippen molar-refractivity contribution in [1.29, 1.82) is 5.26 Å². The average molecular weight is 534 g/mol. The van der Waals surface area contributed by atoms with Gasteiger partial charge in [-0.05, 0) is 61.6 Å². The van der Waals surface area contributed by atoms with Crippen molar-refractivity contribution in [2.75, 3.05) is 7.11 Å². The molecule has 4 aromatic rings. The molecule has 1 aliphatic heterocycles. The zero-order valence-corrected chi connectivity index (χ0v) is 23.8. The molecule has 3 aromatic carbocycles. The first kappa shape index (κ1) is 27.4. The van der Waals surface area contributed by atoms with Crippen LogP contribution >= 0.6 is 0 Å². The van der Waals surface area contributed by atoms with Gasteiger partial charge in [-0.2, -0.15) is 10.2 Å². The van der Waals surface area contributed by atoms with Crippen LogP contribution in [0.5, 0.6) is 5.75 Å². The molecule has 1 unspecified atom stereocenters.